The number of nitrogens with zero attached hydrogens (tertiary/aromatic N) is 4. The molecule has 1 aliphatic heterocycles. The SMILES string of the molecule is Cc1nccc([C@@H]2CN(C(=O)c3cscn3)CCO2)n1. The molecule has 0 aromatic carbocycles. The Kier molecular flexibility index (Phi) is 3.70. The van der Waals surface area contributed by atoms with Crippen molar-refractivity contribution in [3.05, 3.63) is 40.4 Å². The molecule has 1 aliphatic rings. The molecule has 7 heteroatoms. The monoisotopic (exact) mass is 290 g/mol. The predicted octanol–water partition coefficient (Wildman–Crippen LogP) is 1.46. The van der Waals surface area contributed by atoms with E-state index in [4.69, 9.17) is 4.74 Å². The molecule has 3 heterocycles. The Morgan fingerprint density at radius 1 is 1.50 bits per heavy atom. The lowest BCUT2D eigenvalue weighted by Gasteiger charge is -2.32. The lowest BCUT2D eigenvalue weighted by molar-refractivity contribution is -0.0250. The molecule has 2 aromatic heterocycles. The lowest BCUT2D eigenvalue weighted by atomic mass is 10.2. The maximum Gasteiger partial charge on any atom is 0.273 e. The number of rotatable bonds is 2. The second-order valence-corrected chi connectivity index (χ2v) is 5.23. The van der Waals surface area contributed by atoms with Gasteiger partial charge in [0.2, 0.25) is 0 Å². The highest BCUT2D eigenvalue weighted by Gasteiger charge is 2.27. The molecule has 0 spiro atoms. The average molecular weight is 290 g/mol. The molecule has 1 atom stereocenters. The highest BCUT2D eigenvalue weighted by Crippen LogP contribution is 2.21. The number of morpholine rings is 1. The van der Waals surface area contributed by atoms with Crippen molar-refractivity contribution >= 4 is 17.2 Å². The van der Waals surface area contributed by atoms with Gasteiger partial charge in [-0.1, -0.05) is 0 Å². The first-order valence-electron chi connectivity index (χ1n) is 6.32. The van der Waals surface area contributed by atoms with Crippen LogP contribution in [-0.4, -0.2) is 45.5 Å². The van der Waals surface area contributed by atoms with Gasteiger partial charge in [-0.3, -0.25) is 4.79 Å². The minimum atomic E-state index is -0.201. The molecule has 0 N–H and O–H groups in total. The van der Waals surface area contributed by atoms with Crippen molar-refractivity contribution in [1.29, 1.82) is 0 Å². The summed E-state index contributed by atoms with van der Waals surface area (Å²) in [6, 6.07) is 1.83. The highest BCUT2D eigenvalue weighted by atomic mass is 32.1. The lowest BCUT2D eigenvalue weighted by Crippen LogP contribution is -2.42. The van der Waals surface area contributed by atoms with E-state index in [1.54, 1.807) is 22.0 Å². The molecule has 0 saturated carbocycles. The van der Waals surface area contributed by atoms with E-state index in [-0.39, 0.29) is 12.0 Å². The normalized spacial score (nSPS) is 19.1. The van der Waals surface area contributed by atoms with Crippen LogP contribution in [0.5, 0.6) is 0 Å². The van der Waals surface area contributed by atoms with Crippen LogP contribution < -0.4 is 0 Å². The molecular weight excluding hydrogens is 276 g/mol. The van der Waals surface area contributed by atoms with Gasteiger partial charge in [0.05, 0.1) is 24.4 Å². The Bertz CT molecular complexity index is 602. The Hall–Kier alpha value is -1.86. The molecule has 0 unspecified atom stereocenters. The summed E-state index contributed by atoms with van der Waals surface area (Å²) in [5, 5.41) is 1.77. The van der Waals surface area contributed by atoms with Crippen LogP contribution >= 0.6 is 11.3 Å². The van der Waals surface area contributed by atoms with Crippen LogP contribution in [0.15, 0.2) is 23.2 Å². The largest absolute Gasteiger partial charge is 0.368 e. The molecule has 3 rings (SSSR count). The van der Waals surface area contributed by atoms with E-state index in [2.05, 4.69) is 15.0 Å². The first kappa shape index (κ1) is 13.1. The summed E-state index contributed by atoms with van der Waals surface area (Å²) < 4.78 is 5.71. The van der Waals surface area contributed by atoms with Crippen LogP contribution in [0.1, 0.15) is 28.1 Å². The van der Waals surface area contributed by atoms with Gasteiger partial charge in [-0.25, -0.2) is 15.0 Å². The zero-order valence-electron chi connectivity index (χ0n) is 11.0. The van der Waals surface area contributed by atoms with Gasteiger partial charge in [-0.15, -0.1) is 11.3 Å². The van der Waals surface area contributed by atoms with Gasteiger partial charge in [-0.2, -0.15) is 0 Å². The van der Waals surface area contributed by atoms with E-state index >= 15 is 0 Å². The zero-order chi connectivity index (χ0) is 13.9. The zero-order valence-corrected chi connectivity index (χ0v) is 11.8. The fourth-order valence-corrected chi connectivity index (χ4v) is 2.67. The van der Waals surface area contributed by atoms with Crippen molar-refractivity contribution < 1.29 is 9.53 Å². The number of hydrogen-bond acceptors (Lipinski definition) is 6. The quantitative estimate of drug-likeness (QED) is 0.837. The number of carbonyl (C=O) groups excluding carboxylic acids is 1. The molecule has 1 fully saturated rings. The summed E-state index contributed by atoms with van der Waals surface area (Å²) in [5.41, 5.74) is 2.97. The van der Waals surface area contributed by atoms with Crippen LogP contribution in [-0.2, 0) is 4.74 Å². The van der Waals surface area contributed by atoms with Crippen LogP contribution in [0.3, 0.4) is 0 Å². The molecule has 2 aromatic rings. The van der Waals surface area contributed by atoms with Gasteiger partial charge in [0.15, 0.2) is 0 Å². The number of aryl methyl sites for hydroxylation is 1. The molecule has 1 saturated heterocycles. The van der Waals surface area contributed by atoms with E-state index < -0.39 is 0 Å². The number of aromatic nitrogens is 3. The van der Waals surface area contributed by atoms with Crippen molar-refractivity contribution in [2.75, 3.05) is 19.7 Å². The van der Waals surface area contributed by atoms with E-state index in [1.165, 1.54) is 11.3 Å². The maximum absolute atomic E-state index is 12.3. The molecular formula is C13H14N4O2S. The van der Waals surface area contributed by atoms with Gasteiger partial charge >= 0.3 is 0 Å². The first-order valence-corrected chi connectivity index (χ1v) is 7.27. The average Bonchev–Trinajstić information content (AvgIpc) is 3.01. The number of amides is 1. The van der Waals surface area contributed by atoms with E-state index in [0.717, 1.165) is 5.69 Å². The number of hydrogen-bond donors (Lipinski definition) is 0. The third-order valence-electron chi connectivity index (χ3n) is 3.13. The van der Waals surface area contributed by atoms with Crippen molar-refractivity contribution in [3.8, 4) is 0 Å². The van der Waals surface area contributed by atoms with Crippen molar-refractivity contribution in [3.63, 3.8) is 0 Å². The van der Waals surface area contributed by atoms with E-state index in [9.17, 15) is 4.79 Å². The fraction of sp³-hybridized carbons (Fsp3) is 0.385. The standard InChI is InChI=1S/C13H14N4O2S/c1-9-14-3-2-10(16-9)12-6-17(4-5-19-12)13(18)11-7-20-8-15-11/h2-3,7-8,12H,4-6H2,1H3/t12-/m0/s1. The predicted molar refractivity (Wildman–Crippen MR) is 73.5 cm³/mol. The van der Waals surface area contributed by atoms with Crippen molar-refractivity contribution in [2.45, 2.75) is 13.0 Å². The second-order valence-electron chi connectivity index (χ2n) is 4.51. The van der Waals surface area contributed by atoms with Gasteiger partial charge in [-0.05, 0) is 13.0 Å². The summed E-state index contributed by atoms with van der Waals surface area (Å²) in [6.45, 7) is 3.41. The molecule has 0 aliphatic carbocycles. The minimum Gasteiger partial charge on any atom is -0.368 e. The van der Waals surface area contributed by atoms with Crippen LogP contribution in [0, 0.1) is 6.92 Å². The number of carbonyl (C=O) groups is 1. The molecule has 0 bridgehead atoms. The van der Waals surface area contributed by atoms with Crippen molar-refractivity contribution in [2.24, 2.45) is 0 Å². The van der Waals surface area contributed by atoms with E-state index in [1.807, 2.05) is 13.0 Å². The van der Waals surface area contributed by atoms with Gasteiger partial charge in [0.25, 0.3) is 5.91 Å². The second kappa shape index (κ2) is 5.64. The van der Waals surface area contributed by atoms with Gasteiger partial charge in [0, 0.05) is 18.1 Å². The van der Waals surface area contributed by atoms with Crippen LogP contribution in [0.4, 0.5) is 0 Å². The summed E-state index contributed by atoms with van der Waals surface area (Å²) in [6.07, 6.45) is 1.51. The molecule has 6 nitrogen and oxygen atoms in total. The third-order valence-corrected chi connectivity index (χ3v) is 3.72. The smallest absolute Gasteiger partial charge is 0.273 e. The third kappa shape index (κ3) is 2.68. The number of thiazole rings is 1. The highest BCUT2D eigenvalue weighted by molar-refractivity contribution is 7.07. The minimum absolute atomic E-state index is 0.0506. The topological polar surface area (TPSA) is 68.2 Å². The van der Waals surface area contributed by atoms with E-state index in [0.29, 0.717) is 31.2 Å². The fourth-order valence-electron chi connectivity index (χ4n) is 2.15. The Balaban J connectivity index is 1.75. The first-order chi connectivity index (χ1) is 9.74. The maximum atomic E-state index is 12.3. The van der Waals surface area contributed by atoms with Crippen LogP contribution in [0.25, 0.3) is 0 Å². The number of ether oxygens (including phenoxy) is 1. The Morgan fingerprint density at radius 2 is 2.40 bits per heavy atom. The Morgan fingerprint density at radius 3 is 3.15 bits per heavy atom. The summed E-state index contributed by atoms with van der Waals surface area (Å²) in [5.74, 6) is 0.652. The van der Waals surface area contributed by atoms with Gasteiger partial charge < -0.3 is 9.64 Å². The summed E-state index contributed by atoms with van der Waals surface area (Å²) in [4.78, 5) is 26.6. The molecule has 104 valence electrons. The molecule has 1 amide bonds. The van der Waals surface area contributed by atoms with Crippen molar-refractivity contribution in [1.82, 2.24) is 19.9 Å². The Labute approximate surface area is 120 Å². The van der Waals surface area contributed by atoms with Gasteiger partial charge in [0.1, 0.15) is 17.6 Å². The molecule has 20 heavy (non-hydrogen) atoms. The van der Waals surface area contributed by atoms with Crippen LogP contribution in [0.2, 0.25) is 0 Å². The summed E-state index contributed by atoms with van der Waals surface area (Å²) >= 11 is 1.42. The summed E-state index contributed by atoms with van der Waals surface area (Å²) in [7, 11) is 0. The molecule has 0 radical (unpaired) electrons.